The Bertz CT molecular complexity index is 694. The summed E-state index contributed by atoms with van der Waals surface area (Å²) in [5.41, 5.74) is 12.7. The van der Waals surface area contributed by atoms with Crippen LogP contribution in [0.2, 0.25) is 0 Å². The zero-order valence-electron chi connectivity index (χ0n) is 12.3. The van der Waals surface area contributed by atoms with E-state index in [1.807, 2.05) is 6.07 Å². The van der Waals surface area contributed by atoms with Gasteiger partial charge in [0, 0.05) is 12.1 Å². The van der Waals surface area contributed by atoms with Gasteiger partial charge in [0.25, 0.3) is 0 Å². The summed E-state index contributed by atoms with van der Waals surface area (Å²) in [7, 11) is 1.53. The normalized spacial score (nSPS) is 17.7. The molecule has 1 fully saturated rings. The summed E-state index contributed by atoms with van der Waals surface area (Å²) in [6, 6.07) is 4.97. The molecule has 1 aliphatic rings. The average molecular weight is 303 g/mol. The van der Waals surface area contributed by atoms with Gasteiger partial charge < -0.3 is 21.1 Å². The molecule has 116 valence electrons. The van der Waals surface area contributed by atoms with Gasteiger partial charge in [0.05, 0.1) is 25.0 Å². The molecule has 2 aromatic heterocycles. The fourth-order valence-corrected chi connectivity index (χ4v) is 2.85. The van der Waals surface area contributed by atoms with Crippen LogP contribution in [0.15, 0.2) is 24.4 Å². The number of rotatable bonds is 3. The number of halogens is 1. The monoisotopic (exact) mass is 303 g/mol. The molecular formula is C15H18FN5O. The van der Waals surface area contributed by atoms with Gasteiger partial charge in [0.1, 0.15) is 17.5 Å². The maximum Gasteiger partial charge on any atom is 0.218 e. The van der Waals surface area contributed by atoms with Crippen molar-refractivity contribution in [1.82, 2.24) is 9.97 Å². The van der Waals surface area contributed by atoms with Crippen molar-refractivity contribution in [2.45, 2.75) is 18.9 Å². The molecule has 0 unspecified atom stereocenters. The Balaban J connectivity index is 1.99. The summed E-state index contributed by atoms with van der Waals surface area (Å²) >= 11 is 0. The highest BCUT2D eigenvalue weighted by atomic mass is 19.1. The number of hydrogen-bond donors (Lipinski definition) is 2. The number of anilines is 3. The van der Waals surface area contributed by atoms with Crippen molar-refractivity contribution in [3.05, 3.63) is 35.8 Å². The van der Waals surface area contributed by atoms with E-state index in [9.17, 15) is 4.39 Å². The van der Waals surface area contributed by atoms with E-state index in [2.05, 4.69) is 14.9 Å². The first-order chi connectivity index (χ1) is 10.6. The molecule has 2 aromatic rings. The molecule has 0 bridgehead atoms. The van der Waals surface area contributed by atoms with Crippen molar-refractivity contribution in [2.24, 2.45) is 0 Å². The lowest BCUT2D eigenvalue weighted by atomic mass is 10.1. The molecule has 1 saturated heterocycles. The molecule has 0 aromatic carbocycles. The van der Waals surface area contributed by atoms with Gasteiger partial charge in [0.2, 0.25) is 5.88 Å². The van der Waals surface area contributed by atoms with E-state index in [-0.39, 0.29) is 11.9 Å². The molecule has 7 heteroatoms. The summed E-state index contributed by atoms with van der Waals surface area (Å²) in [5, 5.41) is 0. The van der Waals surface area contributed by atoms with Crippen LogP contribution >= 0.6 is 0 Å². The second kappa shape index (κ2) is 5.67. The fourth-order valence-electron chi connectivity index (χ4n) is 2.85. The lowest BCUT2D eigenvalue weighted by Crippen LogP contribution is -2.24. The van der Waals surface area contributed by atoms with Crippen LogP contribution in [0.25, 0.3) is 0 Å². The summed E-state index contributed by atoms with van der Waals surface area (Å²) in [6.07, 6.45) is 2.99. The van der Waals surface area contributed by atoms with Crippen LogP contribution in [0.5, 0.6) is 5.88 Å². The van der Waals surface area contributed by atoms with E-state index in [0.29, 0.717) is 17.4 Å². The maximum absolute atomic E-state index is 13.6. The number of ether oxygens (including phenoxy) is 1. The molecule has 1 atom stereocenters. The fraction of sp³-hybridized carbons (Fsp3) is 0.333. The smallest absolute Gasteiger partial charge is 0.218 e. The Morgan fingerprint density at radius 1 is 1.36 bits per heavy atom. The zero-order valence-corrected chi connectivity index (χ0v) is 12.3. The van der Waals surface area contributed by atoms with Crippen LogP contribution in [0.4, 0.5) is 21.7 Å². The second-order valence-corrected chi connectivity index (χ2v) is 5.25. The molecule has 1 aliphatic heterocycles. The van der Waals surface area contributed by atoms with Crippen LogP contribution in [0.3, 0.4) is 0 Å². The molecule has 3 rings (SSSR count). The third-order valence-electron chi connectivity index (χ3n) is 3.89. The van der Waals surface area contributed by atoms with E-state index in [1.54, 1.807) is 6.07 Å². The highest BCUT2D eigenvalue weighted by Gasteiger charge is 2.30. The minimum Gasteiger partial charge on any atom is -0.481 e. The molecular weight excluding hydrogens is 285 g/mol. The third-order valence-corrected chi connectivity index (χ3v) is 3.89. The Hall–Kier alpha value is -2.57. The largest absolute Gasteiger partial charge is 0.481 e. The molecule has 6 nitrogen and oxygen atoms in total. The van der Waals surface area contributed by atoms with Crippen molar-refractivity contribution >= 4 is 17.3 Å². The lowest BCUT2D eigenvalue weighted by molar-refractivity contribution is 0.385. The second-order valence-electron chi connectivity index (χ2n) is 5.25. The number of pyridine rings is 2. The number of nitrogens with two attached hydrogens (primary N) is 2. The number of nitrogen functional groups attached to an aromatic ring is 2. The van der Waals surface area contributed by atoms with E-state index >= 15 is 0 Å². The van der Waals surface area contributed by atoms with E-state index in [4.69, 9.17) is 16.2 Å². The molecule has 0 spiro atoms. The first-order valence-corrected chi connectivity index (χ1v) is 7.08. The highest BCUT2D eigenvalue weighted by Crippen LogP contribution is 2.39. The van der Waals surface area contributed by atoms with Gasteiger partial charge >= 0.3 is 0 Å². The first-order valence-electron chi connectivity index (χ1n) is 7.08. The molecule has 3 heterocycles. The predicted molar refractivity (Wildman–Crippen MR) is 83.1 cm³/mol. The lowest BCUT2D eigenvalue weighted by Gasteiger charge is -2.27. The molecule has 0 amide bonds. The standard InChI is InChI=1S/C15H18FN5O/c1-22-15-10(7-9(16)8-19-15)12-3-2-6-21(12)13-5-4-11(17)14(18)20-13/h4-5,7-8,12H,2-3,6,17H2,1H3,(H2,18,20)/t12-/m1/s1. The minimum absolute atomic E-state index is 0.0475. The van der Waals surface area contributed by atoms with Crippen molar-refractivity contribution in [3.63, 3.8) is 0 Å². The minimum atomic E-state index is -0.382. The van der Waals surface area contributed by atoms with Crippen LogP contribution in [-0.4, -0.2) is 23.6 Å². The van der Waals surface area contributed by atoms with E-state index in [1.165, 1.54) is 13.2 Å². The van der Waals surface area contributed by atoms with Crippen LogP contribution in [0.1, 0.15) is 24.4 Å². The van der Waals surface area contributed by atoms with E-state index in [0.717, 1.165) is 37.0 Å². The average Bonchev–Trinajstić information content (AvgIpc) is 2.99. The number of aromatic nitrogens is 2. The van der Waals surface area contributed by atoms with Gasteiger partial charge in [-0.15, -0.1) is 0 Å². The number of nitrogens with zero attached hydrogens (tertiary/aromatic N) is 3. The molecule has 0 aliphatic carbocycles. The topological polar surface area (TPSA) is 90.3 Å². The number of hydrogen-bond acceptors (Lipinski definition) is 6. The zero-order chi connectivity index (χ0) is 15.7. The van der Waals surface area contributed by atoms with Gasteiger partial charge in [-0.3, -0.25) is 0 Å². The van der Waals surface area contributed by atoms with Crippen LogP contribution in [0, 0.1) is 5.82 Å². The Morgan fingerprint density at radius 2 is 2.18 bits per heavy atom. The van der Waals surface area contributed by atoms with E-state index < -0.39 is 0 Å². The maximum atomic E-state index is 13.6. The number of methoxy groups -OCH3 is 1. The van der Waals surface area contributed by atoms with Gasteiger partial charge in [-0.1, -0.05) is 0 Å². The first kappa shape index (κ1) is 14.4. The van der Waals surface area contributed by atoms with Gasteiger partial charge in [0.15, 0.2) is 0 Å². The summed E-state index contributed by atoms with van der Waals surface area (Å²) in [4.78, 5) is 10.4. The van der Waals surface area contributed by atoms with Crippen LogP contribution < -0.4 is 21.1 Å². The summed E-state index contributed by atoms with van der Waals surface area (Å²) < 4.78 is 18.9. The quantitative estimate of drug-likeness (QED) is 0.902. The van der Waals surface area contributed by atoms with Crippen LogP contribution in [-0.2, 0) is 0 Å². The SMILES string of the molecule is COc1ncc(F)cc1[C@H]1CCCN1c1ccc(N)c(N)n1. The van der Waals surface area contributed by atoms with Crippen molar-refractivity contribution in [1.29, 1.82) is 0 Å². The third kappa shape index (κ3) is 2.49. The summed E-state index contributed by atoms with van der Waals surface area (Å²) in [6.45, 7) is 0.806. The van der Waals surface area contributed by atoms with Gasteiger partial charge in [-0.05, 0) is 31.0 Å². The van der Waals surface area contributed by atoms with Crippen molar-refractivity contribution < 1.29 is 9.13 Å². The molecule has 0 saturated carbocycles. The molecule has 22 heavy (non-hydrogen) atoms. The Morgan fingerprint density at radius 3 is 2.91 bits per heavy atom. The molecule has 4 N–H and O–H groups in total. The van der Waals surface area contributed by atoms with Crippen molar-refractivity contribution in [2.75, 3.05) is 30.0 Å². The predicted octanol–water partition coefficient (Wildman–Crippen LogP) is 2.13. The Kier molecular flexibility index (Phi) is 3.70. The molecule has 0 radical (unpaired) electrons. The van der Waals surface area contributed by atoms with Gasteiger partial charge in [-0.25, -0.2) is 14.4 Å². The highest BCUT2D eigenvalue weighted by molar-refractivity contribution is 5.63. The van der Waals surface area contributed by atoms with Gasteiger partial charge in [-0.2, -0.15) is 0 Å². The summed E-state index contributed by atoms with van der Waals surface area (Å²) in [5.74, 6) is 1.07. The van der Waals surface area contributed by atoms with Crippen molar-refractivity contribution in [3.8, 4) is 5.88 Å². The Labute approximate surface area is 127 Å².